The number of nitrogens with zero attached hydrogens (tertiary/aromatic N) is 3. The summed E-state index contributed by atoms with van der Waals surface area (Å²) in [4.78, 5) is 8.05. The average Bonchev–Trinajstić information content (AvgIpc) is 3.00. The van der Waals surface area contributed by atoms with Gasteiger partial charge in [-0.15, -0.1) is 0 Å². The zero-order chi connectivity index (χ0) is 19.0. The van der Waals surface area contributed by atoms with Crippen molar-refractivity contribution in [2.24, 2.45) is 0 Å². The Labute approximate surface area is 154 Å². The minimum absolute atomic E-state index is 0.157. The fourth-order valence-electron chi connectivity index (χ4n) is 3.13. The molecule has 1 aliphatic heterocycles. The fraction of sp³-hybridized carbons (Fsp3) is 0.222. The number of aromatic nitrogens is 2. The molecule has 0 saturated carbocycles. The Morgan fingerprint density at radius 1 is 1.11 bits per heavy atom. The van der Waals surface area contributed by atoms with Crippen molar-refractivity contribution in [2.75, 3.05) is 21.9 Å². The van der Waals surface area contributed by atoms with Gasteiger partial charge in [0.2, 0.25) is 10.0 Å². The summed E-state index contributed by atoms with van der Waals surface area (Å²) < 4.78 is 52.5. The molecule has 0 amide bonds. The Morgan fingerprint density at radius 2 is 1.93 bits per heavy atom. The van der Waals surface area contributed by atoms with E-state index in [2.05, 4.69) is 15.3 Å². The molecule has 0 bridgehead atoms. The van der Waals surface area contributed by atoms with Crippen LogP contribution in [-0.4, -0.2) is 30.7 Å². The molecule has 1 aromatic heterocycles. The number of anilines is 2. The second kappa shape index (κ2) is 6.73. The van der Waals surface area contributed by atoms with Gasteiger partial charge in [-0.25, -0.2) is 27.2 Å². The van der Waals surface area contributed by atoms with Crippen molar-refractivity contribution >= 4 is 32.4 Å². The molecule has 0 unspecified atom stereocenters. The quantitative estimate of drug-likeness (QED) is 0.741. The standard InChI is InChI=1S/C18H16F2N4O2S/c19-15-8-14-17(9-16(15)20)22-11-23-18(14)21-10-12-3-1-4-13(7-12)24-5-2-6-27(24,25)26/h1,3-4,7-9,11H,2,5-6,10H2,(H,21,22,23). The molecule has 1 N–H and O–H groups in total. The molecule has 0 spiro atoms. The van der Waals surface area contributed by atoms with Gasteiger partial charge in [-0.2, -0.15) is 0 Å². The van der Waals surface area contributed by atoms with Gasteiger partial charge >= 0.3 is 0 Å². The van der Waals surface area contributed by atoms with Gasteiger partial charge in [-0.3, -0.25) is 4.31 Å². The molecular formula is C18H16F2N4O2S. The lowest BCUT2D eigenvalue weighted by Crippen LogP contribution is -2.25. The molecule has 4 rings (SSSR count). The van der Waals surface area contributed by atoms with E-state index in [1.54, 1.807) is 18.2 Å². The van der Waals surface area contributed by atoms with Crippen LogP contribution >= 0.6 is 0 Å². The molecule has 0 radical (unpaired) electrons. The molecule has 3 aromatic rings. The Balaban J connectivity index is 1.59. The van der Waals surface area contributed by atoms with Gasteiger partial charge in [-0.05, 0) is 30.2 Å². The summed E-state index contributed by atoms with van der Waals surface area (Å²) in [5, 5.41) is 3.45. The number of hydrogen-bond donors (Lipinski definition) is 1. The van der Waals surface area contributed by atoms with E-state index >= 15 is 0 Å². The van der Waals surface area contributed by atoms with Crippen LogP contribution in [0.1, 0.15) is 12.0 Å². The minimum atomic E-state index is -3.25. The van der Waals surface area contributed by atoms with Gasteiger partial charge in [0.1, 0.15) is 12.1 Å². The molecule has 6 nitrogen and oxygen atoms in total. The first-order chi connectivity index (χ1) is 12.9. The third kappa shape index (κ3) is 3.42. The second-order valence-electron chi connectivity index (χ2n) is 6.27. The first-order valence-corrected chi connectivity index (χ1v) is 9.98. The molecule has 0 aliphatic carbocycles. The summed E-state index contributed by atoms with van der Waals surface area (Å²) in [5.74, 6) is -1.41. The van der Waals surface area contributed by atoms with Crippen molar-refractivity contribution in [3.05, 3.63) is 59.9 Å². The third-order valence-electron chi connectivity index (χ3n) is 4.44. The number of benzene rings is 2. The van der Waals surface area contributed by atoms with Crippen molar-refractivity contribution in [1.82, 2.24) is 9.97 Å². The van der Waals surface area contributed by atoms with Crippen LogP contribution in [0.15, 0.2) is 42.7 Å². The van der Waals surface area contributed by atoms with Crippen LogP contribution in [0.5, 0.6) is 0 Å². The largest absolute Gasteiger partial charge is 0.365 e. The number of rotatable bonds is 4. The number of nitrogens with one attached hydrogen (secondary N) is 1. The topological polar surface area (TPSA) is 75.2 Å². The highest BCUT2D eigenvalue weighted by atomic mass is 32.2. The molecule has 1 fully saturated rings. The van der Waals surface area contributed by atoms with Crippen molar-refractivity contribution in [3.8, 4) is 0 Å². The summed E-state index contributed by atoms with van der Waals surface area (Å²) in [5.41, 5.74) is 1.75. The summed E-state index contributed by atoms with van der Waals surface area (Å²) >= 11 is 0. The monoisotopic (exact) mass is 390 g/mol. The maximum absolute atomic E-state index is 13.6. The number of sulfonamides is 1. The maximum Gasteiger partial charge on any atom is 0.235 e. The summed E-state index contributed by atoms with van der Waals surface area (Å²) in [6, 6.07) is 9.26. The van der Waals surface area contributed by atoms with Crippen molar-refractivity contribution < 1.29 is 17.2 Å². The van der Waals surface area contributed by atoms with Crippen LogP contribution in [0.2, 0.25) is 0 Å². The fourth-order valence-corrected chi connectivity index (χ4v) is 4.69. The molecular weight excluding hydrogens is 374 g/mol. The lowest BCUT2D eigenvalue weighted by molar-refractivity contribution is 0.510. The molecule has 2 aromatic carbocycles. The Hall–Kier alpha value is -2.81. The van der Waals surface area contributed by atoms with E-state index in [4.69, 9.17) is 0 Å². The van der Waals surface area contributed by atoms with Gasteiger partial charge in [0.05, 0.1) is 17.0 Å². The average molecular weight is 390 g/mol. The zero-order valence-corrected chi connectivity index (χ0v) is 15.0. The molecule has 1 aliphatic rings. The van der Waals surface area contributed by atoms with Crippen LogP contribution in [0.4, 0.5) is 20.3 Å². The first kappa shape index (κ1) is 17.6. The molecule has 140 valence electrons. The highest BCUT2D eigenvalue weighted by molar-refractivity contribution is 7.93. The van der Waals surface area contributed by atoms with Crippen LogP contribution in [-0.2, 0) is 16.6 Å². The van der Waals surface area contributed by atoms with Crippen molar-refractivity contribution in [3.63, 3.8) is 0 Å². The molecule has 27 heavy (non-hydrogen) atoms. The molecule has 2 heterocycles. The second-order valence-corrected chi connectivity index (χ2v) is 8.28. The van der Waals surface area contributed by atoms with Crippen molar-refractivity contribution in [2.45, 2.75) is 13.0 Å². The maximum atomic E-state index is 13.6. The Kier molecular flexibility index (Phi) is 4.39. The summed E-state index contributed by atoms with van der Waals surface area (Å²) in [6.45, 7) is 0.813. The Morgan fingerprint density at radius 3 is 2.70 bits per heavy atom. The highest BCUT2D eigenvalue weighted by Crippen LogP contribution is 2.26. The lowest BCUT2D eigenvalue weighted by atomic mass is 10.2. The van der Waals surface area contributed by atoms with E-state index in [9.17, 15) is 17.2 Å². The van der Waals surface area contributed by atoms with Crippen LogP contribution in [0.3, 0.4) is 0 Å². The van der Waals surface area contributed by atoms with Gasteiger partial charge in [-0.1, -0.05) is 12.1 Å². The SMILES string of the molecule is O=S1(=O)CCCN1c1cccc(CNc2ncnc3cc(F)c(F)cc23)c1. The van der Waals surface area contributed by atoms with E-state index in [0.717, 1.165) is 17.7 Å². The van der Waals surface area contributed by atoms with E-state index in [0.29, 0.717) is 41.9 Å². The van der Waals surface area contributed by atoms with Crippen LogP contribution in [0, 0.1) is 11.6 Å². The normalized spacial score (nSPS) is 16.0. The van der Waals surface area contributed by atoms with Gasteiger partial charge < -0.3 is 5.32 Å². The number of fused-ring (bicyclic) bond motifs is 1. The zero-order valence-electron chi connectivity index (χ0n) is 14.2. The number of hydrogen-bond acceptors (Lipinski definition) is 5. The van der Waals surface area contributed by atoms with Crippen LogP contribution in [0.25, 0.3) is 10.9 Å². The smallest absolute Gasteiger partial charge is 0.235 e. The Bertz CT molecular complexity index is 1120. The summed E-state index contributed by atoms with van der Waals surface area (Å²) in [6.07, 6.45) is 1.88. The minimum Gasteiger partial charge on any atom is -0.365 e. The van der Waals surface area contributed by atoms with E-state index < -0.39 is 21.7 Å². The van der Waals surface area contributed by atoms with E-state index in [1.165, 1.54) is 10.6 Å². The lowest BCUT2D eigenvalue weighted by Gasteiger charge is -2.18. The van der Waals surface area contributed by atoms with E-state index in [1.807, 2.05) is 6.07 Å². The van der Waals surface area contributed by atoms with Crippen LogP contribution < -0.4 is 9.62 Å². The molecule has 9 heteroatoms. The van der Waals surface area contributed by atoms with E-state index in [-0.39, 0.29) is 5.75 Å². The third-order valence-corrected chi connectivity index (χ3v) is 6.30. The number of halogens is 2. The first-order valence-electron chi connectivity index (χ1n) is 8.37. The highest BCUT2D eigenvalue weighted by Gasteiger charge is 2.28. The molecule has 1 saturated heterocycles. The van der Waals surface area contributed by atoms with Crippen molar-refractivity contribution in [1.29, 1.82) is 0 Å². The van der Waals surface area contributed by atoms with Gasteiger partial charge in [0.25, 0.3) is 0 Å². The predicted octanol–water partition coefficient (Wildman–Crippen LogP) is 3.06. The molecule has 0 atom stereocenters. The summed E-state index contributed by atoms with van der Waals surface area (Å²) in [7, 11) is -3.25. The predicted molar refractivity (Wildman–Crippen MR) is 99.0 cm³/mol. The van der Waals surface area contributed by atoms with Gasteiger partial charge in [0, 0.05) is 24.5 Å². The van der Waals surface area contributed by atoms with Gasteiger partial charge in [0.15, 0.2) is 11.6 Å².